The molecule has 2 heterocycles. The Balaban J connectivity index is 1.46. The van der Waals surface area contributed by atoms with Gasteiger partial charge in [-0.1, -0.05) is 24.3 Å². The number of pyridine rings is 1. The van der Waals surface area contributed by atoms with E-state index in [0.29, 0.717) is 18.1 Å². The molecule has 2 amide bonds. The highest BCUT2D eigenvalue weighted by molar-refractivity contribution is 5.90. The molecule has 0 atom stereocenters. The molecule has 0 spiro atoms. The summed E-state index contributed by atoms with van der Waals surface area (Å²) in [4.78, 5) is 21.0. The quantitative estimate of drug-likeness (QED) is 0.817. The first-order chi connectivity index (χ1) is 13.1. The summed E-state index contributed by atoms with van der Waals surface area (Å²) < 4.78 is 5.13. The largest absolute Gasteiger partial charge is 0.480 e. The first-order valence-corrected chi connectivity index (χ1v) is 9.16. The normalized spacial score (nSPS) is 15.3. The number of anilines is 1. The zero-order valence-electron chi connectivity index (χ0n) is 15.9. The van der Waals surface area contributed by atoms with Crippen LogP contribution in [0.4, 0.5) is 10.5 Å². The van der Waals surface area contributed by atoms with E-state index < -0.39 is 0 Å². The summed E-state index contributed by atoms with van der Waals surface area (Å²) in [5, 5.41) is 5.61. The zero-order chi connectivity index (χ0) is 19.1. The first-order valence-electron chi connectivity index (χ1n) is 9.16. The number of urea groups is 1. The van der Waals surface area contributed by atoms with Gasteiger partial charge in [-0.2, -0.15) is 0 Å². The monoisotopic (exact) mass is 369 g/mol. The van der Waals surface area contributed by atoms with Crippen LogP contribution in [0.5, 0.6) is 5.88 Å². The van der Waals surface area contributed by atoms with Crippen molar-refractivity contribution >= 4 is 11.7 Å². The Labute approximate surface area is 160 Å². The number of aromatic nitrogens is 1. The van der Waals surface area contributed by atoms with Crippen molar-refractivity contribution in [3.05, 3.63) is 53.7 Å². The molecule has 2 N–H and O–H groups in total. The topological polar surface area (TPSA) is 69.7 Å². The molecule has 7 nitrogen and oxygen atoms in total. The van der Waals surface area contributed by atoms with Crippen LogP contribution in [0.25, 0.3) is 0 Å². The highest BCUT2D eigenvalue weighted by Gasteiger charge is 2.13. The van der Waals surface area contributed by atoms with Crippen LogP contribution in [0, 0.1) is 0 Å². The molecule has 1 fully saturated rings. The predicted molar refractivity (Wildman–Crippen MR) is 106 cm³/mol. The minimum absolute atomic E-state index is 0.289. The average molecular weight is 369 g/mol. The number of benzene rings is 1. The number of methoxy groups -OCH3 is 1. The molecule has 7 heteroatoms. The second kappa shape index (κ2) is 9.34. The summed E-state index contributed by atoms with van der Waals surface area (Å²) in [6.45, 7) is 5.90. The van der Waals surface area contributed by atoms with Gasteiger partial charge in [0, 0.05) is 45.5 Å². The highest BCUT2D eigenvalue weighted by Crippen LogP contribution is 2.19. The molecule has 3 rings (SSSR count). The molecule has 1 aromatic carbocycles. The van der Waals surface area contributed by atoms with Gasteiger partial charge in [0.05, 0.1) is 7.11 Å². The van der Waals surface area contributed by atoms with E-state index in [9.17, 15) is 4.79 Å². The molecule has 144 valence electrons. The van der Waals surface area contributed by atoms with Gasteiger partial charge in [-0.15, -0.1) is 0 Å². The summed E-state index contributed by atoms with van der Waals surface area (Å²) in [6, 6.07) is 11.6. The van der Waals surface area contributed by atoms with E-state index in [-0.39, 0.29) is 6.03 Å². The molecule has 1 aliphatic rings. The Hall–Kier alpha value is -2.64. The van der Waals surface area contributed by atoms with Crippen LogP contribution in [-0.2, 0) is 13.1 Å². The van der Waals surface area contributed by atoms with Gasteiger partial charge in [0.1, 0.15) is 5.69 Å². The van der Waals surface area contributed by atoms with E-state index in [1.807, 2.05) is 0 Å². The van der Waals surface area contributed by atoms with Crippen molar-refractivity contribution in [2.45, 2.75) is 13.1 Å². The van der Waals surface area contributed by atoms with Gasteiger partial charge in [0.25, 0.3) is 0 Å². The van der Waals surface area contributed by atoms with Gasteiger partial charge in [-0.25, -0.2) is 9.78 Å². The van der Waals surface area contributed by atoms with Crippen LogP contribution >= 0.6 is 0 Å². The second-order valence-electron chi connectivity index (χ2n) is 6.76. The first kappa shape index (κ1) is 19.1. The van der Waals surface area contributed by atoms with E-state index in [0.717, 1.165) is 38.3 Å². The number of hydrogen-bond donors (Lipinski definition) is 2. The van der Waals surface area contributed by atoms with E-state index in [4.69, 9.17) is 4.74 Å². The predicted octanol–water partition coefficient (Wildman–Crippen LogP) is 2.16. The third-order valence-electron chi connectivity index (χ3n) is 4.69. The van der Waals surface area contributed by atoms with Crippen molar-refractivity contribution in [1.29, 1.82) is 0 Å². The number of nitrogens with zero attached hydrogens (tertiary/aromatic N) is 3. The summed E-state index contributed by atoms with van der Waals surface area (Å²) in [7, 11) is 3.69. The minimum atomic E-state index is -0.289. The SMILES string of the molecule is COc1ncccc1NC(=O)NCc1ccc(CN2CCN(C)CC2)cc1. The van der Waals surface area contributed by atoms with Crippen molar-refractivity contribution < 1.29 is 9.53 Å². The lowest BCUT2D eigenvalue weighted by Gasteiger charge is -2.32. The summed E-state index contributed by atoms with van der Waals surface area (Å²) >= 11 is 0. The van der Waals surface area contributed by atoms with Crippen molar-refractivity contribution in [3.8, 4) is 5.88 Å². The summed E-state index contributed by atoms with van der Waals surface area (Å²) in [5.41, 5.74) is 2.90. The lowest BCUT2D eigenvalue weighted by atomic mass is 10.1. The minimum Gasteiger partial charge on any atom is -0.480 e. The fourth-order valence-corrected chi connectivity index (χ4v) is 3.02. The second-order valence-corrected chi connectivity index (χ2v) is 6.76. The molecule has 0 saturated carbocycles. The molecule has 1 aromatic heterocycles. The molecule has 1 saturated heterocycles. The standard InChI is InChI=1S/C20H27N5O2/c1-24-10-12-25(13-11-24)15-17-7-5-16(6-8-17)14-22-20(26)23-18-4-3-9-21-19(18)27-2/h3-9H,10-15H2,1-2H3,(H2,22,23,26). The van der Waals surface area contributed by atoms with Gasteiger partial charge in [0.2, 0.25) is 5.88 Å². The zero-order valence-corrected chi connectivity index (χ0v) is 15.9. The van der Waals surface area contributed by atoms with Crippen LogP contribution in [0.1, 0.15) is 11.1 Å². The molecule has 0 radical (unpaired) electrons. The average Bonchev–Trinajstić information content (AvgIpc) is 2.69. The number of likely N-dealkylation sites (N-methyl/N-ethyl adjacent to an activating group) is 1. The number of amides is 2. The molecule has 2 aromatic rings. The molecule has 0 bridgehead atoms. The Bertz CT molecular complexity index is 742. The lowest BCUT2D eigenvalue weighted by Crippen LogP contribution is -2.43. The van der Waals surface area contributed by atoms with E-state index >= 15 is 0 Å². The smallest absolute Gasteiger partial charge is 0.319 e. The van der Waals surface area contributed by atoms with Crippen LogP contribution in [-0.4, -0.2) is 61.2 Å². The van der Waals surface area contributed by atoms with Gasteiger partial charge >= 0.3 is 6.03 Å². The van der Waals surface area contributed by atoms with Crippen molar-refractivity contribution in [2.24, 2.45) is 0 Å². The van der Waals surface area contributed by atoms with Crippen molar-refractivity contribution in [3.63, 3.8) is 0 Å². The maximum absolute atomic E-state index is 12.1. The number of nitrogens with one attached hydrogen (secondary N) is 2. The van der Waals surface area contributed by atoms with E-state index in [1.54, 1.807) is 18.3 Å². The molecule has 0 unspecified atom stereocenters. The molecule has 1 aliphatic heterocycles. The number of ether oxygens (including phenoxy) is 1. The molecular weight excluding hydrogens is 342 g/mol. The number of carbonyl (C=O) groups is 1. The van der Waals surface area contributed by atoms with E-state index in [1.165, 1.54) is 12.7 Å². The molecule has 27 heavy (non-hydrogen) atoms. The van der Waals surface area contributed by atoms with Crippen LogP contribution in [0.15, 0.2) is 42.6 Å². The van der Waals surface area contributed by atoms with Crippen molar-refractivity contribution in [1.82, 2.24) is 20.1 Å². The molecule has 0 aliphatic carbocycles. The number of carbonyl (C=O) groups excluding carboxylic acids is 1. The Morgan fingerprint density at radius 1 is 1.11 bits per heavy atom. The third-order valence-corrected chi connectivity index (χ3v) is 4.69. The van der Waals surface area contributed by atoms with Crippen LogP contribution in [0.3, 0.4) is 0 Å². The van der Waals surface area contributed by atoms with Gasteiger partial charge in [-0.3, -0.25) is 4.90 Å². The number of piperazine rings is 1. The summed E-state index contributed by atoms with van der Waals surface area (Å²) in [6.07, 6.45) is 1.62. The highest BCUT2D eigenvalue weighted by atomic mass is 16.5. The fourth-order valence-electron chi connectivity index (χ4n) is 3.02. The maximum atomic E-state index is 12.1. The van der Waals surface area contributed by atoms with Crippen LogP contribution < -0.4 is 15.4 Å². The summed E-state index contributed by atoms with van der Waals surface area (Å²) in [5.74, 6) is 0.390. The Morgan fingerprint density at radius 3 is 2.52 bits per heavy atom. The number of hydrogen-bond acceptors (Lipinski definition) is 5. The lowest BCUT2D eigenvalue weighted by molar-refractivity contribution is 0.148. The Kier molecular flexibility index (Phi) is 6.62. The van der Waals surface area contributed by atoms with Gasteiger partial charge in [0.15, 0.2) is 0 Å². The van der Waals surface area contributed by atoms with E-state index in [2.05, 4.69) is 56.7 Å². The van der Waals surface area contributed by atoms with Crippen molar-refractivity contribution in [2.75, 3.05) is 45.7 Å². The Morgan fingerprint density at radius 2 is 1.81 bits per heavy atom. The molecular formula is C20H27N5O2. The third kappa shape index (κ3) is 5.67. The number of rotatable bonds is 6. The van der Waals surface area contributed by atoms with Gasteiger partial charge < -0.3 is 20.3 Å². The fraction of sp³-hybridized carbons (Fsp3) is 0.400. The van der Waals surface area contributed by atoms with Gasteiger partial charge in [-0.05, 0) is 30.3 Å². The maximum Gasteiger partial charge on any atom is 0.319 e. The van der Waals surface area contributed by atoms with Crippen LogP contribution in [0.2, 0.25) is 0 Å².